The molecular weight excluding hydrogens is 282 g/mol. The second kappa shape index (κ2) is 5.98. The topological polar surface area (TPSA) is 48.6 Å². The lowest BCUT2D eigenvalue weighted by atomic mass is 10.0. The van der Waals surface area contributed by atoms with Gasteiger partial charge in [0.25, 0.3) is 5.56 Å². The molecular formula is C16H21N3O3. The van der Waals surface area contributed by atoms with Gasteiger partial charge in [0.15, 0.2) is 0 Å². The van der Waals surface area contributed by atoms with E-state index in [9.17, 15) is 4.79 Å². The smallest absolute Gasteiger partial charge is 0.278 e. The van der Waals surface area contributed by atoms with Crippen LogP contribution >= 0.6 is 0 Å². The third-order valence-corrected chi connectivity index (χ3v) is 4.18. The Labute approximate surface area is 129 Å². The van der Waals surface area contributed by atoms with Gasteiger partial charge in [-0.25, -0.2) is 9.36 Å². The normalized spacial score (nSPS) is 15.4. The van der Waals surface area contributed by atoms with Crippen molar-refractivity contribution in [2.24, 2.45) is 0 Å². The van der Waals surface area contributed by atoms with E-state index < -0.39 is 0 Å². The number of methoxy groups -OCH3 is 1. The summed E-state index contributed by atoms with van der Waals surface area (Å²) in [5.74, 6) is 0.622. The monoisotopic (exact) mass is 303 g/mol. The van der Waals surface area contributed by atoms with Crippen LogP contribution in [0.25, 0.3) is 11.1 Å². The number of hydroxylamine groups is 2. The van der Waals surface area contributed by atoms with Crippen molar-refractivity contribution in [3.63, 3.8) is 0 Å². The second-order valence-corrected chi connectivity index (χ2v) is 5.36. The van der Waals surface area contributed by atoms with Gasteiger partial charge in [-0.1, -0.05) is 24.3 Å². The summed E-state index contributed by atoms with van der Waals surface area (Å²) in [6, 6.07) is 7.90. The summed E-state index contributed by atoms with van der Waals surface area (Å²) in [5, 5.41) is 1.85. The van der Waals surface area contributed by atoms with Crippen molar-refractivity contribution in [3.8, 4) is 17.0 Å². The molecule has 1 aromatic heterocycles. The Balaban J connectivity index is 2.15. The van der Waals surface area contributed by atoms with Gasteiger partial charge in [-0.3, -0.25) is 4.79 Å². The molecule has 0 N–H and O–H groups in total. The number of rotatable bonds is 3. The number of aromatic nitrogens is 2. The Morgan fingerprint density at radius 3 is 2.32 bits per heavy atom. The minimum absolute atomic E-state index is 0.0101. The zero-order chi connectivity index (χ0) is 15.7. The van der Waals surface area contributed by atoms with Crippen LogP contribution in [0.1, 0.15) is 5.56 Å². The number of aryl methyl sites for hydroxylation is 1. The molecule has 118 valence electrons. The fourth-order valence-electron chi connectivity index (χ4n) is 3.01. The average Bonchev–Trinajstić information content (AvgIpc) is 2.68. The van der Waals surface area contributed by atoms with Gasteiger partial charge in [0.1, 0.15) is 5.56 Å². The Bertz CT molecular complexity index is 733. The fourth-order valence-corrected chi connectivity index (χ4v) is 3.01. The summed E-state index contributed by atoms with van der Waals surface area (Å²) in [4.78, 5) is 18.2. The summed E-state index contributed by atoms with van der Waals surface area (Å²) >= 11 is 0. The number of hydrogen-bond acceptors (Lipinski definition) is 4. The first kappa shape index (κ1) is 14.9. The predicted octanol–water partition coefficient (Wildman–Crippen LogP) is 1.51. The molecule has 0 fully saturated rings. The van der Waals surface area contributed by atoms with E-state index in [0.717, 1.165) is 11.1 Å². The minimum atomic E-state index is -0.0101. The van der Waals surface area contributed by atoms with Gasteiger partial charge in [0.05, 0.1) is 27.3 Å². The van der Waals surface area contributed by atoms with E-state index in [4.69, 9.17) is 9.57 Å². The van der Waals surface area contributed by atoms with Crippen LogP contribution in [-0.4, -0.2) is 41.7 Å². The zero-order valence-electron chi connectivity index (χ0n) is 13.2. The van der Waals surface area contributed by atoms with Crippen LogP contribution < -0.4 is 10.3 Å². The van der Waals surface area contributed by atoms with Crippen LogP contribution in [0.2, 0.25) is 0 Å². The highest BCUT2D eigenvalue weighted by Gasteiger charge is 2.25. The molecule has 0 unspecified atom stereocenters. The van der Waals surface area contributed by atoms with E-state index in [1.807, 2.05) is 40.9 Å². The van der Waals surface area contributed by atoms with Crippen molar-refractivity contribution in [1.29, 1.82) is 0 Å². The summed E-state index contributed by atoms with van der Waals surface area (Å²) in [6.07, 6.45) is 0. The average molecular weight is 303 g/mol. The first-order valence-corrected chi connectivity index (χ1v) is 7.40. The Hall–Kier alpha value is -2.05. The van der Waals surface area contributed by atoms with Gasteiger partial charge in [0, 0.05) is 13.1 Å². The van der Waals surface area contributed by atoms with E-state index in [1.165, 1.54) is 0 Å². The first-order valence-electron chi connectivity index (χ1n) is 7.40. The molecule has 1 aliphatic heterocycles. The van der Waals surface area contributed by atoms with Crippen LogP contribution in [-0.2, 0) is 17.9 Å². The maximum atomic E-state index is 12.9. The molecule has 0 spiro atoms. The Morgan fingerprint density at radius 1 is 1.00 bits per heavy atom. The van der Waals surface area contributed by atoms with Crippen LogP contribution in [0.3, 0.4) is 0 Å². The van der Waals surface area contributed by atoms with Gasteiger partial charge in [-0.2, -0.15) is 5.06 Å². The lowest BCUT2D eigenvalue weighted by Gasteiger charge is -2.15. The summed E-state index contributed by atoms with van der Waals surface area (Å²) < 4.78 is 9.25. The van der Waals surface area contributed by atoms with Crippen molar-refractivity contribution in [3.05, 3.63) is 40.2 Å². The maximum Gasteiger partial charge on any atom is 0.278 e. The van der Waals surface area contributed by atoms with Crippen molar-refractivity contribution in [1.82, 2.24) is 14.4 Å². The molecule has 6 nitrogen and oxygen atoms in total. The molecule has 6 heteroatoms. The van der Waals surface area contributed by atoms with Crippen molar-refractivity contribution in [2.75, 3.05) is 27.3 Å². The molecule has 1 aromatic carbocycles. The number of benzene rings is 1. The highest BCUT2D eigenvalue weighted by Crippen LogP contribution is 2.30. The second-order valence-electron chi connectivity index (χ2n) is 5.36. The Morgan fingerprint density at radius 2 is 1.68 bits per heavy atom. The van der Waals surface area contributed by atoms with Gasteiger partial charge < -0.3 is 9.57 Å². The fraction of sp³-hybridized carbons (Fsp3) is 0.438. The van der Waals surface area contributed by atoms with Crippen molar-refractivity contribution < 1.29 is 9.57 Å². The van der Waals surface area contributed by atoms with Crippen LogP contribution in [0.5, 0.6) is 5.88 Å². The number of nitrogens with zero attached hydrogens (tertiary/aromatic N) is 3. The highest BCUT2D eigenvalue weighted by atomic mass is 16.7. The first-order chi connectivity index (χ1) is 10.7. The third-order valence-electron chi connectivity index (χ3n) is 4.18. The van der Waals surface area contributed by atoms with E-state index in [1.54, 1.807) is 18.9 Å². The zero-order valence-corrected chi connectivity index (χ0v) is 13.2. The summed E-state index contributed by atoms with van der Waals surface area (Å²) in [6.45, 7) is 4.63. The molecule has 3 rings (SSSR count). The molecule has 0 atom stereocenters. The summed E-state index contributed by atoms with van der Waals surface area (Å²) in [5.41, 5.74) is 2.63. The molecule has 0 amide bonds. The quantitative estimate of drug-likeness (QED) is 0.862. The summed E-state index contributed by atoms with van der Waals surface area (Å²) in [7, 11) is 3.27. The van der Waals surface area contributed by atoms with Crippen LogP contribution in [0.15, 0.2) is 29.1 Å². The standard InChI is InChI=1S/C16H21N3O3/c1-12-6-4-5-7-13(12)14-15(20)18-10-8-17(22-3)9-11-19(18)16(14)21-2/h4-7H,8-11H2,1-3H3. The van der Waals surface area contributed by atoms with Crippen molar-refractivity contribution >= 4 is 0 Å². The van der Waals surface area contributed by atoms with E-state index in [2.05, 4.69) is 0 Å². The number of fused-ring (bicyclic) bond motifs is 1. The molecule has 22 heavy (non-hydrogen) atoms. The van der Waals surface area contributed by atoms with Crippen LogP contribution in [0, 0.1) is 6.92 Å². The van der Waals surface area contributed by atoms with E-state index in [-0.39, 0.29) is 5.56 Å². The van der Waals surface area contributed by atoms with Crippen molar-refractivity contribution in [2.45, 2.75) is 20.0 Å². The molecule has 2 heterocycles. The molecule has 0 saturated carbocycles. The third kappa shape index (κ3) is 2.34. The molecule has 0 aliphatic carbocycles. The van der Waals surface area contributed by atoms with Gasteiger partial charge in [-0.05, 0) is 18.1 Å². The largest absolute Gasteiger partial charge is 0.481 e. The molecule has 2 aromatic rings. The maximum absolute atomic E-state index is 12.9. The predicted molar refractivity (Wildman–Crippen MR) is 84.0 cm³/mol. The molecule has 0 bridgehead atoms. The molecule has 0 radical (unpaired) electrons. The molecule has 1 aliphatic rings. The molecule has 0 saturated heterocycles. The lowest BCUT2D eigenvalue weighted by Crippen LogP contribution is -2.27. The SMILES string of the molecule is COc1c(-c2ccccc2C)c(=O)n2n1CCN(OC)CC2. The lowest BCUT2D eigenvalue weighted by molar-refractivity contribution is -0.130. The minimum Gasteiger partial charge on any atom is -0.481 e. The number of ether oxygens (including phenoxy) is 1. The van der Waals surface area contributed by atoms with Crippen LogP contribution in [0.4, 0.5) is 0 Å². The van der Waals surface area contributed by atoms with Gasteiger partial charge >= 0.3 is 0 Å². The van der Waals surface area contributed by atoms with E-state index in [0.29, 0.717) is 37.6 Å². The highest BCUT2D eigenvalue weighted by molar-refractivity contribution is 5.71. The van der Waals surface area contributed by atoms with Gasteiger partial charge in [-0.15, -0.1) is 0 Å². The van der Waals surface area contributed by atoms with E-state index >= 15 is 0 Å². The Kier molecular flexibility index (Phi) is 4.04. The van der Waals surface area contributed by atoms with Gasteiger partial charge in [0.2, 0.25) is 5.88 Å². The number of hydrogen-bond donors (Lipinski definition) is 0.